The summed E-state index contributed by atoms with van der Waals surface area (Å²) in [6, 6.07) is 5.21. The predicted molar refractivity (Wildman–Crippen MR) is 76.7 cm³/mol. The third-order valence-corrected chi connectivity index (χ3v) is 3.95. The lowest BCUT2D eigenvalue weighted by Crippen LogP contribution is -2.49. The van der Waals surface area contributed by atoms with Gasteiger partial charge in [-0.1, -0.05) is 13.0 Å². The van der Waals surface area contributed by atoms with E-state index in [2.05, 4.69) is 5.32 Å². The minimum atomic E-state index is 0.0353. The van der Waals surface area contributed by atoms with Gasteiger partial charge < -0.3 is 20.1 Å². The van der Waals surface area contributed by atoms with Crippen LogP contribution >= 0.6 is 0 Å². The fraction of sp³-hybridized carbons (Fsp3) is 0.533. The summed E-state index contributed by atoms with van der Waals surface area (Å²) in [4.78, 5) is 14.0. The number of hydrogen-bond donors (Lipinski definition) is 2. The highest BCUT2D eigenvalue weighted by Gasteiger charge is 2.30. The van der Waals surface area contributed by atoms with Gasteiger partial charge in [0.15, 0.2) is 11.5 Å². The van der Waals surface area contributed by atoms with E-state index >= 15 is 0 Å². The Morgan fingerprint density at radius 1 is 1.55 bits per heavy atom. The predicted octanol–water partition coefficient (Wildman–Crippen LogP) is 1.21. The smallest absolute Gasteiger partial charge is 0.225 e. The van der Waals surface area contributed by atoms with E-state index in [1.807, 2.05) is 13.0 Å². The molecule has 0 saturated carbocycles. The Balaban J connectivity index is 1.97. The summed E-state index contributed by atoms with van der Waals surface area (Å²) in [6.45, 7) is 4.31. The third kappa shape index (κ3) is 3.04. The number of ether oxygens (including phenoxy) is 1. The zero-order valence-electron chi connectivity index (χ0n) is 12.2. The van der Waals surface area contributed by atoms with Gasteiger partial charge in [0.25, 0.3) is 0 Å². The maximum atomic E-state index is 12.3. The summed E-state index contributed by atoms with van der Waals surface area (Å²) in [7, 11) is 3.31. The van der Waals surface area contributed by atoms with Gasteiger partial charge in [-0.3, -0.25) is 4.79 Å². The molecule has 1 aromatic carbocycles. The normalized spacial score (nSPS) is 16.4. The quantitative estimate of drug-likeness (QED) is 0.850. The van der Waals surface area contributed by atoms with Crippen molar-refractivity contribution in [1.82, 2.24) is 10.2 Å². The Kier molecular flexibility index (Phi) is 4.49. The standard InChI is InChI=1S/C15H22N2O3/c1-10(12-7-16-8-12)15(19)17(2)9-11-4-5-14(20-3)13(18)6-11/h4-6,10,12,16,18H,7-9H2,1-3H3. The van der Waals surface area contributed by atoms with Crippen LogP contribution in [0.3, 0.4) is 0 Å². The molecule has 1 fully saturated rings. The van der Waals surface area contributed by atoms with Crippen LogP contribution in [0.4, 0.5) is 0 Å². The molecule has 1 saturated heterocycles. The molecule has 110 valence electrons. The molecular formula is C15H22N2O3. The zero-order valence-corrected chi connectivity index (χ0v) is 12.2. The number of nitrogens with one attached hydrogen (secondary N) is 1. The Morgan fingerprint density at radius 2 is 2.25 bits per heavy atom. The van der Waals surface area contributed by atoms with Gasteiger partial charge in [-0.05, 0) is 36.7 Å². The van der Waals surface area contributed by atoms with Crippen molar-refractivity contribution in [3.63, 3.8) is 0 Å². The van der Waals surface area contributed by atoms with Crippen molar-refractivity contribution in [3.8, 4) is 11.5 Å². The minimum absolute atomic E-state index is 0.0353. The number of carbonyl (C=O) groups excluding carboxylic acids is 1. The molecule has 1 atom stereocenters. The molecule has 0 radical (unpaired) electrons. The van der Waals surface area contributed by atoms with Gasteiger partial charge in [-0.15, -0.1) is 0 Å². The molecule has 0 spiro atoms. The fourth-order valence-electron chi connectivity index (χ4n) is 2.40. The molecule has 5 nitrogen and oxygen atoms in total. The molecule has 1 unspecified atom stereocenters. The monoisotopic (exact) mass is 278 g/mol. The number of benzene rings is 1. The van der Waals surface area contributed by atoms with Gasteiger partial charge in [-0.2, -0.15) is 0 Å². The van der Waals surface area contributed by atoms with E-state index in [0.29, 0.717) is 18.2 Å². The molecule has 20 heavy (non-hydrogen) atoms. The van der Waals surface area contributed by atoms with Crippen molar-refractivity contribution in [2.24, 2.45) is 11.8 Å². The van der Waals surface area contributed by atoms with Crippen LogP contribution in [0, 0.1) is 11.8 Å². The number of rotatable bonds is 5. The summed E-state index contributed by atoms with van der Waals surface area (Å²) in [5.74, 6) is 1.16. The number of methoxy groups -OCH3 is 1. The van der Waals surface area contributed by atoms with Crippen molar-refractivity contribution in [3.05, 3.63) is 23.8 Å². The van der Waals surface area contributed by atoms with E-state index in [0.717, 1.165) is 18.7 Å². The molecule has 5 heteroatoms. The number of nitrogens with zero attached hydrogens (tertiary/aromatic N) is 1. The highest BCUT2D eigenvalue weighted by atomic mass is 16.5. The van der Waals surface area contributed by atoms with Crippen LogP contribution in [0.1, 0.15) is 12.5 Å². The van der Waals surface area contributed by atoms with E-state index < -0.39 is 0 Å². The molecule has 0 aromatic heterocycles. The van der Waals surface area contributed by atoms with Gasteiger partial charge in [0, 0.05) is 19.5 Å². The average molecular weight is 278 g/mol. The molecular weight excluding hydrogens is 256 g/mol. The molecule has 1 aliphatic heterocycles. The zero-order chi connectivity index (χ0) is 14.7. The van der Waals surface area contributed by atoms with Gasteiger partial charge in [0.05, 0.1) is 7.11 Å². The average Bonchev–Trinajstić information content (AvgIpc) is 2.35. The van der Waals surface area contributed by atoms with Gasteiger partial charge in [-0.25, -0.2) is 0 Å². The lowest BCUT2D eigenvalue weighted by Gasteiger charge is -2.34. The molecule has 0 bridgehead atoms. The first kappa shape index (κ1) is 14.7. The highest BCUT2D eigenvalue weighted by molar-refractivity contribution is 5.78. The van der Waals surface area contributed by atoms with Crippen molar-refractivity contribution < 1.29 is 14.6 Å². The maximum absolute atomic E-state index is 12.3. The van der Waals surface area contributed by atoms with E-state index in [9.17, 15) is 9.90 Å². The Hall–Kier alpha value is -1.75. The number of hydrogen-bond acceptors (Lipinski definition) is 4. The van der Waals surface area contributed by atoms with Crippen LogP contribution in [0.5, 0.6) is 11.5 Å². The molecule has 0 aliphatic carbocycles. The number of amides is 1. The van der Waals surface area contributed by atoms with Crippen LogP contribution in [0.2, 0.25) is 0 Å². The summed E-state index contributed by atoms with van der Waals surface area (Å²) < 4.78 is 5.01. The van der Waals surface area contributed by atoms with E-state index in [1.54, 1.807) is 24.1 Å². The molecule has 2 N–H and O–H groups in total. The van der Waals surface area contributed by atoms with Crippen LogP contribution in [0.15, 0.2) is 18.2 Å². The minimum Gasteiger partial charge on any atom is -0.504 e. The highest BCUT2D eigenvalue weighted by Crippen LogP contribution is 2.27. The van der Waals surface area contributed by atoms with Crippen molar-refractivity contribution in [2.45, 2.75) is 13.5 Å². The Morgan fingerprint density at radius 3 is 2.75 bits per heavy atom. The summed E-state index contributed by atoms with van der Waals surface area (Å²) in [5.41, 5.74) is 0.887. The first-order valence-electron chi connectivity index (χ1n) is 6.84. The van der Waals surface area contributed by atoms with Crippen molar-refractivity contribution in [2.75, 3.05) is 27.2 Å². The molecule has 2 rings (SSSR count). The topological polar surface area (TPSA) is 61.8 Å². The van der Waals surface area contributed by atoms with Gasteiger partial charge in [0.1, 0.15) is 0 Å². The maximum Gasteiger partial charge on any atom is 0.225 e. The second-order valence-electron chi connectivity index (χ2n) is 5.41. The fourth-order valence-corrected chi connectivity index (χ4v) is 2.40. The van der Waals surface area contributed by atoms with E-state index in [-0.39, 0.29) is 17.6 Å². The van der Waals surface area contributed by atoms with Gasteiger partial charge >= 0.3 is 0 Å². The second kappa shape index (κ2) is 6.13. The van der Waals surface area contributed by atoms with Gasteiger partial charge in [0.2, 0.25) is 5.91 Å². The third-order valence-electron chi connectivity index (χ3n) is 3.95. The van der Waals surface area contributed by atoms with Crippen LogP contribution in [-0.4, -0.2) is 43.2 Å². The first-order chi connectivity index (χ1) is 9.52. The van der Waals surface area contributed by atoms with Crippen molar-refractivity contribution in [1.29, 1.82) is 0 Å². The molecule has 1 aliphatic rings. The van der Waals surface area contributed by atoms with E-state index in [1.165, 1.54) is 7.11 Å². The van der Waals surface area contributed by atoms with Crippen LogP contribution < -0.4 is 10.1 Å². The largest absolute Gasteiger partial charge is 0.504 e. The number of aromatic hydroxyl groups is 1. The van der Waals surface area contributed by atoms with Crippen LogP contribution in [-0.2, 0) is 11.3 Å². The summed E-state index contributed by atoms with van der Waals surface area (Å²) >= 11 is 0. The summed E-state index contributed by atoms with van der Waals surface area (Å²) in [5, 5.41) is 12.9. The number of carbonyl (C=O) groups is 1. The van der Waals surface area contributed by atoms with E-state index in [4.69, 9.17) is 4.74 Å². The Bertz CT molecular complexity index is 486. The molecule has 1 heterocycles. The first-order valence-corrected chi connectivity index (χ1v) is 6.84. The number of phenols is 1. The summed E-state index contributed by atoms with van der Waals surface area (Å²) in [6.07, 6.45) is 0. The lowest BCUT2D eigenvalue weighted by molar-refractivity contribution is -0.136. The van der Waals surface area contributed by atoms with Crippen molar-refractivity contribution >= 4 is 5.91 Å². The second-order valence-corrected chi connectivity index (χ2v) is 5.41. The SMILES string of the molecule is COc1ccc(CN(C)C(=O)C(C)C2CNC2)cc1O. The number of phenolic OH excluding ortho intramolecular Hbond substituents is 1. The van der Waals surface area contributed by atoms with Crippen LogP contribution in [0.25, 0.3) is 0 Å². The molecule has 1 amide bonds. The Labute approximate surface area is 119 Å². The lowest BCUT2D eigenvalue weighted by atomic mass is 9.88. The molecule has 1 aromatic rings.